The summed E-state index contributed by atoms with van der Waals surface area (Å²) in [7, 11) is 0. The maximum Gasteiger partial charge on any atom is 0.341 e. The topological polar surface area (TPSA) is 131 Å². The number of ether oxygens (including phenoxy) is 2. The Hall–Kier alpha value is -3.17. The fraction of sp³-hybridized carbons (Fsp3) is 0.471. The summed E-state index contributed by atoms with van der Waals surface area (Å²) in [6.07, 6.45) is 0.172. The molecular formula is C17H20N2O8. The van der Waals surface area contributed by atoms with Crippen molar-refractivity contribution in [2.24, 2.45) is 0 Å². The highest BCUT2D eigenvalue weighted by Crippen LogP contribution is 2.41. The van der Waals surface area contributed by atoms with Gasteiger partial charge in [-0.25, -0.2) is 9.59 Å². The molecule has 27 heavy (non-hydrogen) atoms. The van der Waals surface area contributed by atoms with Crippen molar-refractivity contribution < 1.29 is 33.7 Å². The number of carbonyl (C=O) groups excluding carboxylic acids is 2. The van der Waals surface area contributed by atoms with Crippen LogP contribution in [0.4, 0.5) is 5.69 Å². The monoisotopic (exact) mass is 380 g/mol. The Morgan fingerprint density at radius 2 is 1.67 bits per heavy atom. The molecule has 1 aliphatic heterocycles. The molecule has 0 fully saturated rings. The molecule has 1 heterocycles. The SMILES string of the molecule is CCOC(=O)C1(C(=O)OCC)O[N+]([O-])=C(CC)[C@@H]1c1ccc([N+](=O)[O-])cc1. The molecule has 0 N–H and O–H groups in total. The summed E-state index contributed by atoms with van der Waals surface area (Å²) in [5, 5.41) is 23.2. The lowest BCUT2D eigenvalue weighted by molar-refractivity contribution is -0.745. The number of hydrogen-bond acceptors (Lipinski definition) is 8. The minimum atomic E-state index is -2.35. The van der Waals surface area contributed by atoms with Crippen LogP contribution in [0.15, 0.2) is 24.3 Å². The van der Waals surface area contributed by atoms with Gasteiger partial charge < -0.3 is 14.3 Å². The Labute approximate surface area is 155 Å². The molecule has 0 spiro atoms. The van der Waals surface area contributed by atoms with Crippen LogP contribution in [-0.2, 0) is 23.9 Å². The Bertz CT molecular complexity index is 754. The Morgan fingerprint density at radius 3 is 2.07 bits per heavy atom. The molecule has 0 bridgehead atoms. The van der Waals surface area contributed by atoms with Gasteiger partial charge in [0.2, 0.25) is 5.71 Å². The maximum atomic E-state index is 12.7. The van der Waals surface area contributed by atoms with Crippen molar-refractivity contribution in [3.63, 3.8) is 0 Å². The van der Waals surface area contributed by atoms with Crippen molar-refractivity contribution in [1.29, 1.82) is 0 Å². The lowest BCUT2D eigenvalue weighted by atomic mass is 9.78. The number of nitrogens with zero attached hydrogens (tertiary/aromatic N) is 2. The smallest absolute Gasteiger partial charge is 0.341 e. The van der Waals surface area contributed by atoms with Crippen LogP contribution in [0.5, 0.6) is 0 Å². The van der Waals surface area contributed by atoms with E-state index in [9.17, 15) is 24.9 Å². The number of hydrogen-bond donors (Lipinski definition) is 0. The van der Waals surface area contributed by atoms with Crippen LogP contribution in [0.3, 0.4) is 0 Å². The molecule has 0 radical (unpaired) electrons. The molecule has 10 heteroatoms. The Kier molecular flexibility index (Phi) is 5.98. The molecule has 0 aliphatic carbocycles. The zero-order valence-electron chi connectivity index (χ0n) is 15.2. The van der Waals surface area contributed by atoms with Gasteiger partial charge in [-0.05, 0) is 19.4 Å². The van der Waals surface area contributed by atoms with Crippen LogP contribution in [0.1, 0.15) is 38.7 Å². The number of nitro groups is 1. The van der Waals surface area contributed by atoms with Gasteiger partial charge in [0.1, 0.15) is 5.92 Å². The van der Waals surface area contributed by atoms with Crippen molar-refractivity contribution >= 4 is 23.3 Å². The van der Waals surface area contributed by atoms with Crippen molar-refractivity contribution in [2.45, 2.75) is 38.7 Å². The predicted octanol–water partition coefficient (Wildman–Crippen LogP) is 1.85. The minimum absolute atomic E-state index is 0.0450. The normalized spacial score (nSPS) is 18.0. The molecule has 0 amide bonds. The zero-order valence-corrected chi connectivity index (χ0v) is 15.2. The van der Waals surface area contributed by atoms with Crippen LogP contribution in [0.2, 0.25) is 0 Å². The van der Waals surface area contributed by atoms with Gasteiger partial charge in [0.25, 0.3) is 11.3 Å². The van der Waals surface area contributed by atoms with Gasteiger partial charge in [-0.1, -0.05) is 19.1 Å². The van der Waals surface area contributed by atoms with Gasteiger partial charge in [-0.3, -0.25) is 15.3 Å². The van der Waals surface area contributed by atoms with E-state index in [1.165, 1.54) is 24.3 Å². The first-order valence-corrected chi connectivity index (χ1v) is 8.44. The lowest BCUT2D eigenvalue weighted by Gasteiger charge is -2.30. The molecule has 1 aliphatic rings. The first kappa shape index (κ1) is 20.1. The molecule has 0 saturated heterocycles. The van der Waals surface area contributed by atoms with E-state index >= 15 is 0 Å². The molecule has 146 valence electrons. The summed E-state index contributed by atoms with van der Waals surface area (Å²) >= 11 is 0. The summed E-state index contributed by atoms with van der Waals surface area (Å²) in [6.45, 7) is 4.67. The highest BCUT2D eigenvalue weighted by molar-refractivity contribution is 6.11. The number of esters is 2. The fourth-order valence-corrected chi connectivity index (χ4v) is 3.00. The fourth-order valence-electron chi connectivity index (χ4n) is 3.00. The second-order valence-electron chi connectivity index (χ2n) is 5.65. The number of non-ortho nitro benzene ring substituents is 1. The molecular weight excluding hydrogens is 360 g/mol. The zero-order chi connectivity index (χ0) is 20.2. The number of benzene rings is 1. The van der Waals surface area contributed by atoms with E-state index in [0.29, 0.717) is 5.56 Å². The number of rotatable bonds is 7. The molecule has 1 aromatic carbocycles. The van der Waals surface area contributed by atoms with E-state index in [1.54, 1.807) is 20.8 Å². The number of nitro benzene ring substituents is 1. The Morgan fingerprint density at radius 1 is 1.15 bits per heavy atom. The first-order chi connectivity index (χ1) is 12.8. The third-order valence-corrected chi connectivity index (χ3v) is 4.16. The summed E-state index contributed by atoms with van der Waals surface area (Å²) < 4.78 is 10.00. The molecule has 1 atom stereocenters. The van der Waals surface area contributed by atoms with Crippen molar-refractivity contribution in [3.8, 4) is 0 Å². The van der Waals surface area contributed by atoms with Crippen LogP contribution in [-0.4, -0.2) is 46.3 Å². The highest BCUT2D eigenvalue weighted by Gasteiger charge is 2.64. The van der Waals surface area contributed by atoms with Gasteiger partial charge in [-0.2, -0.15) is 0 Å². The molecule has 0 saturated carbocycles. The van der Waals surface area contributed by atoms with E-state index in [1.807, 2.05) is 0 Å². The van der Waals surface area contributed by atoms with E-state index in [2.05, 4.69) is 0 Å². The van der Waals surface area contributed by atoms with E-state index in [-0.39, 0.29) is 35.9 Å². The maximum absolute atomic E-state index is 12.7. The van der Waals surface area contributed by atoms with Crippen molar-refractivity contribution in [2.75, 3.05) is 13.2 Å². The number of carbonyl (C=O) groups is 2. The molecule has 10 nitrogen and oxygen atoms in total. The quantitative estimate of drug-likeness (QED) is 0.230. The molecule has 0 aromatic heterocycles. The third kappa shape index (κ3) is 3.42. The molecule has 1 aromatic rings. The summed E-state index contributed by atoms with van der Waals surface area (Å²) in [5.41, 5.74) is -2.11. The standard InChI is InChI=1S/C17H20N2O8/c1-4-13-14(11-7-9-12(10-8-11)18(22)23)17(27-19(13)24,15(20)25-5-2)16(21)26-6-3/h7-10,14H,4-6H2,1-3H3/t14-/m0/s1. The average molecular weight is 380 g/mol. The van der Waals surface area contributed by atoms with Crippen molar-refractivity contribution in [3.05, 3.63) is 45.2 Å². The molecule has 2 rings (SSSR count). The van der Waals surface area contributed by atoms with Gasteiger partial charge in [0, 0.05) is 23.5 Å². The van der Waals surface area contributed by atoms with E-state index in [0.717, 1.165) is 0 Å². The second-order valence-corrected chi connectivity index (χ2v) is 5.65. The van der Waals surface area contributed by atoms with Gasteiger partial charge >= 0.3 is 11.9 Å². The summed E-state index contributed by atoms with van der Waals surface area (Å²) in [5.74, 6) is -3.26. The van der Waals surface area contributed by atoms with E-state index in [4.69, 9.17) is 14.3 Å². The third-order valence-electron chi connectivity index (χ3n) is 4.16. The van der Waals surface area contributed by atoms with Gasteiger partial charge in [-0.15, -0.1) is 0 Å². The Balaban J connectivity index is 2.64. The largest absolute Gasteiger partial charge is 0.464 e. The van der Waals surface area contributed by atoms with Crippen LogP contribution in [0.25, 0.3) is 0 Å². The lowest BCUT2D eigenvalue weighted by Crippen LogP contribution is -2.54. The average Bonchev–Trinajstić information content (AvgIpc) is 2.95. The summed E-state index contributed by atoms with van der Waals surface area (Å²) in [6, 6.07) is 5.18. The van der Waals surface area contributed by atoms with Gasteiger partial charge in [0.05, 0.1) is 18.1 Å². The molecule has 0 unspecified atom stereocenters. The minimum Gasteiger partial charge on any atom is -0.464 e. The second kappa shape index (κ2) is 8.02. The highest BCUT2D eigenvalue weighted by atomic mass is 16.9. The van der Waals surface area contributed by atoms with E-state index < -0.39 is 28.4 Å². The van der Waals surface area contributed by atoms with Crippen LogP contribution in [0, 0.1) is 15.3 Å². The van der Waals surface area contributed by atoms with Gasteiger partial charge in [0.15, 0.2) is 0 Å². The predicted molar refractivity (Wildman–Crippen MR) is 91.8 cm³/mol. The van der Waals surface area contributed by atoms with Crippen molar-refractivity contribution in [1.82, 2.24) is 0 Å². The summed E-state index contributed by atoms with van der Waals surface area (Å²) in [4.78, 5) is 41.0. The first-order valence-electron chi connectivity index (χ1n) is 8.44. The van der Waals surface area contributed by atoms with Crippen LogP contribution < -0.4 is 0 Å². The van der Waals surface area contributed by atoms with Crippen LogP contribution >= 0.6 is 0 Å².